The van der Waals surface area contributed by atoms with Gasteiger partial charge in [-0.2, -0.15) is 0 Å². The van der Waals surface area contributed by atoms with Crippen LogP contribution >= 0.6 is 0 Å². The molecule has 1 heterocycles. The molecule has 25 heavy (non-hydrogen) atoms. The summed E-state index contributed by atoms with van der Waals surface area (Å²) in [5.74, 6) is 0.791. The molecule has 0 aromatic rings. The van der Waals surface area contributed by atoms with E-state index < -0.39 is 17.9 Å². The van der Waals surface area contributed by atoms with E-state index in [0.717, 1.165) is 38.5 Å². The molecule has 140 valence electrons. The number of nitrogens with two attached hydrogens (primary N) is 1. The molecule has 1 aliphatic heterocycles. The van der Waals surface area contributed by atoms with Gasteiger partial charge in [-0.1, -0.05) is 13.8 Å². The number of carbonyl (C=O) groups is 1. The van der Waals surface area contributed by atoms with E-state index >= 15 is 0 Å². The third kappa shape index (κ3) is 1.78. The Morgan fingerprint density at radius 3 is 2.56 bits per heavy atom. The topological polar surface area (TPSA) is 96.1 Å². The van der Waals surface area contributed by atoms with Crippen molar-refractivity contribution in [1.29, 1.82) is 0 Å². The fourth-order valence-corrected chi connectivity index (χ4v) is 8.01. The molecule has 1 saturated heterocycles. The Morgan fingerprint density at radius 2 is 1.84 bits per heavy atom. The van der Waals surface area contributed by atoms with E-state index in [-0.39, 0.29) is 28.6 Å². The summed E-state index contributed by atoms with van der Waals surface area (Å²) < 4.78 is 6.16. The number of epoxide rings is 1. The van der Waals surface area contributed by atoms with Crippen LogP contribution in [0.25, 0.3) is 0 Å². The highest BCUT2D eigenvalue weighted by atomic mass is 16.6. The summed E-state index contributed by atoms with van der Waals surface area (Å²) in [4.78, 5) is 12.0. The monoisotopic (exact) mass is 349 g/mol. The Balaban J connectivity index is 1.51. The summed E-state index contributed by atoms with van der Waals surface area (Å²) in [7, 11) is 0. The molecular weight excluding hydrogens is 318 g/mol. The second-order valence-electron chi connectivity index (χ2n) is 10.1. The Hall–Kier alpha value is -0.650. The molecule has 0 bridgehead atoms. The second-order valence-corrected chi connectivity index (χ2v) is 10.1. The molecule has 4 saturated carbocycles. The van der Waals surface area contributed by atoms with Crippen LogP contribution in [0, 0.1) is 34.5 Å². The van der Waals surface area contributed by atoms with Crippen molar-refractivity contribution in [3.8, 4) is 0 Å². The summed E-state index contributed by atoms with van der Waals surface area (Å²) in [5, 5.41) is 21.1. The largest absolute Gasteiger partial charge is 0.393 e. The summed E-state index contributed by atoms with van der Waals surface area (Å²) >= 11 is 0. The number of hydrogen-bond donors (Lipinski definition) is 3. The van der Waals surface area contributed by atoms with Crippen molar-refractivity contribution in [2.45, 2.75) is 82.7 Å². The van der Waals surface area contributed by atoms with Gasteiger partial charge in [-0.05, 0) is 68.1 Å². The fourth-order valence-electron chi connectivity index (χ4n) is 8.01. The fraction of sp³-hybridized carbons (Fsp3) is 0.950. The minimum absolute atomic E-state index is 0.0586. The highest BCUT2D eigenvalue weighted by molar-refractivity contribution is 5.78. The van der Waals surface area contributed by atoms with E-state index in [9.17, 15) is 15.0 Å². The number of primary amides is 1. The summed E-state index contributed by atoms with van der Waals surface area (Å²) in [5.41, 5.74) is 5.35. The quantitative estimate of drug-likeness (QED) is 0.627. The molecule has 5 heteroatoms. The first kappa shape index (κ1) is 16.5. The van der Waals surface area contributed by atoms with Crippen LogP contribution in [0.15, 0.2) is 0 Å². The molecule has 0 unspecified atom stereocenters. The number of ether oxygens (including phenoxy) is 1. The zero-order valence-corrected chi connectivity index (χ0v) is 15.3. The minimum atomic E-state index is -0.746. The first-order valence-corrected chi connectivity index (χ1v) is 10.1. The molecule has 1 amide bonds. The number of hydrogen-bond acceptors (Lipinski definition) is 4. The summed E-state index contributed by atoms with van der Waals surface area (Å²) in [6.07, 6.45) is 5.80. The Bertz CT molecular complexity index is 625. The van der Waals surface area contributed by atoms with E-state index in [1.165, 1.54) is 0 Å². The van der Waals surface area contributed by atoms with Gasteiger partial charge in [0.25, 0.3) is 0 Å². The van der Waals surface area contributed by atoms with E-state index in [0.29, 0.717) is 24.2 Å². The molecule has 5 nitrogen and oxygen atoms in total. The smallest absolute Gasteiger partial charge is 0.223 e. The first-order valence-electron chi connectivity index (χ1n) is 10.1. The van der Waals surface area contributed by atoms with Crippen molar-refractivity contribution in [3.63, 3.8) is 0 Å². The lowest BCUT2D eigenvalue weighted by molar-refractivity contribution is -0.146. The number of carbonyl (C=O) groups excluding carboxylic acids is 1. The van der Waals surface area contributed by atoms with Gasteiger partial charge in [0.05, 0.1) is 18.1 Å². The Kier molecular flexibility index (Phi) is 3.16. The van der Waals surface area contributed by atoms with Crippen molar-refractivity contribution in [2.24, 2.45) is 40.2 Å². The van der Waals surface area contributed by atoms with E-state index in [2.05, 4.69) is 13.8 Å². The third-order valence-electron chi connectivity index (χ3n) is 9.49. The number of aliphatic hydroxyl groups excluding tert-OH is 2. The van der Waals surface area contributed by atoms with Gasteiger partial charge in [0, 0.05) is 5.41 Å². The highest BCUT2D eigenvalue weighted by Crippen LogP contribution is 2.73. The molecule has 0 aromatic heterocycles. The molecule has 1 spiro atoms. The van der Waals surface area contributed by atoms with Gasteiger partial charge in [0.2, 0.25) is 5.91 Å². The highest BCUT2D eigenvalue weighted by Gasteiger charge is 2.78. The Morgan fingerprint density at radius 1 is 1.08 bits per heavy atom. The van der Waals surface area contributed by atoms with E-state index in [1.54, 1.807) is 0 Å². The summed E-state index contributed by atoms with van der Waals surface area (Å²) in [6, 6.07) is 0. The number of amides is 1. The standard InChI is InChI=1S/C20H31NO4/c1-18-7-6-13-10(12(18)3-4-14(18)22)5-8-20-16(25-20)15(23)11(17(21)24)9-19(13,20)2/h10-16,22-23H,3-9H2,1-2H3,(H2,21,24)/t10-,11+,12-,13-,14-,15+,16+,18-,19+,20+/m0/s1. The number of aliphatic hydroxyl groups is 2. The molecule has 4 aliphatic carbocycles. The SMILES string of the molecule is C[C@]12CC[C@H]3[C@@H](CC[C@@]45O[C@@H]4[C@H](O)[C@H](C(N)=O)C[C@]35C)[C@@H]1CC[C@@H]2O. The molecular formula is C20H31NO4. The minimum Gasteiger partial charge on any atom is -0.393 e. The average molecular weight is 349 g/mol. The molecule has 10 atom stereocenters. The lowest BCUT2D eigenvalue weighted by Crippen LogP contribution is -2.61. The van der Waals surface area contributed by atoms with Gasteiger partial charge in [0.15, 0.2) is 0 Å². The van der Waals surface area contributed by atoms with Crippen LogP contribution in [0.3, 0.4) is 0 Å². The van der Waals surface area contributed by atoms with Gasteiger partial charge in [0.1, 0.15) is 11.7 Å². The van der Waals surface area contributed by atoms with E-state index in [4.69, 9.17) is 10.5 Å². The lowest BCUT2D eigenvalue weighted by atomic mass is 9.44. The maximum Gasteiger partial charge on any atom is 0.223 e. The maximum atomic E-state index is 12.0. The predicted molar refractivity (Wildman–Crippen MR) is 91.3 cm³/mol. The van der Waals surface area contributed by atoms with Gasteiger partial charge in [-0.3, -0.25) is 4.79 Å². The van der Waals surface area contributed by atoms with Crippen molar-refractivity contribution in [2.75, 3.05) is 0 Å². The van der Waals surface area contributed by atoms with Crippen LogP contribution in [-0.2, 0) is 9.53 Å². The molecule has 4 N–H and O–H groups in total. The second kappa shape index (κ2) is 4.79. The molecule has 5 rings (SSSR count). The van der Waals surface area contributed by atoms with E-state index in [1.807, 2.05) is 0 Å². The number of fused-ring (bicyclic) bond motifs is 4. The maximum absolute atomic E-state index is 12.0. The van der Waals surface area contributed by atoms with Gasteiger partial charge >= 0.3 is 0 Å². The molecule has 5 aliphatic rings. The van der Waals surface area contributed by atoms with Crippen molar-refractivity contribution < 1.29 is 19.7 Å². The zero-order valence-electron chi connectivity index (χ0n) is 15.3. The van der Waals surface area contributed by atoms with Crippen LogP contribution in [0.2, 0.25) is 0 Å². The third-order valence-corrected chi connectivity index (χ3v) is 9.49. The van der Waals surface area contributed by atoms with Crippen LogP contribution in [0.4, 0.5) is 0 Å². The molecule has 0 radical (unpaired) electrons. The van der Waals surface area contributed by atoms with Crippen molar-refractivity contribution >= 4 is 5.91 Å². The van der Waals surface area contributed by atoms with Crippen LogP contribution in [0.1, 0.15) is 58.8 Å². The first-order chi connectivity index (χ1) is 11.7. The van der Waals surface area contributed by atoms with Crippen LogP contribution in [0.5, 0.6) is 0 Å². The van der Waals surface area contributed by atoms with Gasteiger partial charge < -0.3 is 20.7 Å². The van der Waals surface area contributed by atoms with Crippen LogP contribution < -0.4 is 5.73 Å². The van der Waals surface area contributed by atoms with Crippen LogP contribution in [-0.4, -0.2) is 40.0 Å². The lowest BCUT2D eigenvalue weighted by Gasteiger charge is -2.60. The number of rotatable bonds is 1. The van der Waals surface area contributed by atoms with Gasteiger partial charge in [-0.15, -0.1) is 0 Å². The summed E-state index contributed by atoms with van der Waals surface area (Å²) in [6.45, 7) is 4.57. The predicted octanol–water partition coefficient (Wildman–Crippen LogP) is 1.59. The van der Waals surface area contributed by atoms with Gasteiger partial charge in [-0.25, -0.2) is 0 Å². The Labute approximate surface area is 149 Å². The molecule has 0 aromatic carbocycles. The van der Waals surface area contributed by atoms with Crippen molar-refractivity contribution in [1.82, 2.24) is 0 Å². The van der Waals surface area contributed by atoms with Crippen molar-refractivity contribution in [3.05, 3.63) is 0 Å². The average Bonchev–Trinajstić information content (AvgIpc) is 3.23. The normalized spacial score (nSPS) is 62.3. The molecule has 5 fully saturated rings. The zero-order chi connectivity index (χ0) is 17.8.